The van der Waals surface area contributed by atoms with Crippen LogP contribution in [0, 0.1) is 70.0 Å². The summed E-state index contributed by atoms with van der Waals surface area (Å²) < 4.78 is 0. The molecule has 0 heterocycles. The molecule has 0 aromatic rings. The van der Waals surface area contributed by atoms with Crippen molar-refractivity contribution in [2.24, 2.45) is 70.0 Å². The molecule has 0 aliphatic heterocycles. The van der Waals surface area contributed by atoms with E-state index in [1.54, 1.807) is 0 Å². The van der Waals surface area contributed by atoms with Crippen molar-refractivity contribution in [3.05, 3.63) is 0 Å². The quantitative estimate of drug-likeness (QED) is 0.178. The fourth-order valence-electron chi connectivity index (χ4n) is 7.15. The lowest BCUT2D eigenvalue weighted by atomic mass is 9.65. The second-order valence-corrected chi connectivity index (χ2v) is 17.3. The summed E-state index contributed by atoms with van der Waals surface area (Å²) in [5.41, 5.74) is 1.13. The normalized spacial score (nSPS) is 13.1. The van der Waals surface area contributed by atoms with E-state index >= 15 is 0 Å². The average Bonchev–Trinajstić information content (AvgIpc) is 2.70. The summed E-state index contributed by atoms with van der Waals surface area (Å²) in [6.07, 6.45) is 9.64. The summed E-state index contributed by atoms with van der Waals surface area (Å²) in [6.45, 7) is 47.1. The molecule has 0 unspecified atom stereocenters. The molecule has 0 bridgehead atoms. The Kier molecular flexibility index (Phi) is 24.1. The highest BCUT2D eigenvalue weighted by Crippen LogP contribution is 2.43. The maximum absolute atomic E-state index is 2.46. The molecule has 0 atom stereocenters. The topological polar surface area (TPSA) is 0 Å². The zero-order valence-corrected chi connectivity index (χ0v) is 31.7. The lowest BCUT2D eigenvalue weighted by Crippen LogP contribution is -2.30. The predicted octanol–water partition coefficient (Wildman–Crippen LogP) is 14.2. The molecule has 0 aromatic heterocycles. The van der Waals surface area contributed by atoms with E-state index in [9.17, 15) is 0 Å². The number of rotatable bonds is 16. The summed E-state index contributed by atoms with van der Waals surface area (Å²) in [4.78, 5) is 0. The van der Waals surface area contributed by atoms with E-state index in [0.717, 1.165) is 59.2 Å². The van der Waals surface area contributed by atoms with Crippen LogP contribution in [0.4, 0.5) is 0 Å². The Hall–Kier alpha value is 0. The van der Waals surface area contributed by atoms with Crippen molar-refractivity contribution >= 4 is 0 Å². The van der Waals surface area contributed by atoms with Crippen LogP contribution in [0.1, 0.15) is 183 Å². The van der Waals surface area contributed by atoms with Gasteiger partial charge in [-0.25, -0.2) is 0 Å². The van der Waals surface area contributed by atoms with Crippen LogP contribution in [0.25, 0.3) is 0 Å². The smallest absolute Gasteiger partial charge is 0.0272 e. The van der Waals surface area contributed by atoms with E-state index in [-0.39, 0.29) is 0 Å². The van der Waals surface area contributed by atoms with Gasteiger partial charge in [0, 0.05) is 0 Å². The molecule has 0 saturated carbocycles. The SMILES string of the molecule is CC(C)CC(C)(CC(C)C)C(C)C.CC(C)CC(CC(C)C)C(C)C.CCC(CC(C)C)(CC(C)C)C(C)C. The molecule has 0 saturated heterocycles. The van der Waals surface area contributed by atoms with E-state index in [1.807, 2.05) is 0 Å². The van der Waals surface area contributed by atoms with Gasteiger partial charge in [0.05, 0.1) is 0 Å². The van der Waals surface area contributed by atoms with Gasteiger partial charge in [0.2, 0.25) is 0 Å². The molecule has 0 aliphatic carbocycles. The largest absolute Gasteiger partial charge is 0.0648 e. The first-order valence-corrected chi connectivity index (χ1v) is 17.5. The highest BCUT2D eigenvalue weighted by Gasteiger charge is 2.33. The van der Waals surface area contributed by atoms with E-state index in [0.29, 0.717) is 10.8 Å². The van der Waals surface area contributed by atoms with Crippen molar-refractivity contribution in [3.63, 3.8) is 0 Å². The minimum absolute atomic E-state index is 0.544. The fraction of sp³-hybridized carbons (Fsp3) is 1.00. The summed E-state index contributed by atoms with van der Waals surface area (Å²) in [5.74, 6) is 8.44. The number of hydrogen-bond donors (Lipinski definition) is 0. The Labute approximate surface area is 253 Å². The van der Waals surface area contributed by atoms with Gasteiger partial charge in [-0.15, -0.1) is 0 Å². The Balaban J connectivity index is -0.000000500. The first-order valence-electron chi connectivity index (χ1n) is 17.5. The Morgan fingerprint density at radius 3 is 0.872 bits per heavy atom. The van der Waals surface area contributed by atoms with Crippen LogP contribution in [0.2, 0.25) is 0 Å². The number of hydrogen-bond acceptors (Lipinski definition) is 0. The maximum Gasteiger partial charge on any atom is -0.0272 e. The molecule has 0 radical (unpaired) electrons. The molecular formula is C39H84. The highest BCUT2D eigenvalue weighted by atomic mass is 14.4. The Bertz CT molecular complexity index is 498. The predicted molar refractivity (Wildman–Crippen MR) is 186 cm³/mol. The first kappa shape index (κ1) is 43.5. The second-order valence-electron chi connectivity index (χ2n) is 17.3. The van der Waals surface area contributed by atoms with Gasteiger partial charge in [0.25, 0.3) is 0 Å². The summed E-state index contributed by atoms with van der Waals surface area (Å²) >= 11 is 0. The first-order chi connectivity index (χ1) is 17.5. The van der Waals surface area contributed by atoms with Crippen molar-refractivity contribution in [1.29, 1.82) is 0 Å². The molecular weight excluding hydrogens is 468 g/mol. The summed E-state index contributed by atoms with van der Waals surface area (Å²) in [5, 5.41) is 0. The minimum atomic E-state index is 0.544. The van der Waals surface area contributed by atoms with Crippen LogP contribution in [0.3, 0.4) is 0 Å². The lowest BCUT2D eigenvalue weighted by molar-refractivity contribution is 0.105. The van der Waals surface area contributed by atoms with Gasteiger partial charge in [-0.2, -0.15) is 0 Å². The van der Waals surface area contributed by atoms with Gasteiger partial charge in [-0.05, 0) is 109 Å². The van der Waals surface area contributed by atoms with Crippen LogP contribution in [-0.4, -0.2) is 0 Å². The van der Waals surface area contributed by atoms with Gasteiger partial charge in [0.15, 0.2) is 0 Å². The average molecular weight is 553 g/mol. The van der Waals surface area contributed by atoms with Gasteiger partial charge < -0.3 is 0 Å². The van der Waals surface area contributed by atoms with Crippen molar-refractivity contribution in [2.75, 3.05) is 0 Å². The monoisotopic (exact) mass is 553 g/mol. The van der Waals surface area contributed by atoms with Crippen molar-refractivity contribution in [2.45, 2.75) is 183 Å². The maximum atomic E-state index is 2.46. The second kappa shape index (κ2) is 21.7. The molecule has 0 fully saturated rings. The highest BCUT2D eigenvalue weighted by molar-refractivity contribution is 4.83. The Morgan fingerprint density at radius 2 is 0.718 bits per heavy atom. The fourth-order valence-corrected chi connectivity index (χ4v) is 7.15. The molecule has 240 valence electrons. The molecule has 0 N–H and O–H groups in total. The molecule has 0 heteroatoms. The van der Waals surface area contributed by atoms with E-state index in [2.05, 4.69) is 138 Å². The molecule has 0 nitrogen and oxygen atoms in total. The van der Waals surface area contributed by atoms with E-state index < -0.39 is 0 Å². The van der Waals surface area contributed by atoms with Gasteiger partial charge in [-0.1, -0.05) is 145 Å². The van der Waals surface area contributed by atoms with Gasteiger partial charge >= 0.3 is 0 Å². The van der Waals surface area contributed by atoms with Crippen LogP contribution in [-0.2, 0) is 0 Å². The van der Waals surface area contributed by atoms with Gasteiger partial charge in [0.1, 0.15) is 0 Å². The van der Waals surface area contributed by atoms with Crippen molar-refractivity contribution in [3.8, 4) is 0 Å². The third kappa shape index (κ3) is 22.3. The summed E-state index contributed by atoms with van der Waals surface area (Å²) in [7, 11) is 0. The van der Waals surface area contributed by atoms with Gasteiger partial charge in [-0.3, -0.25) is 0 Å². The molecule has 0 aliphatic rings. The molecule has 0 aromatic carbocycles. The third-order valence-corrected chi connectivity index (χ3v) is 9.19. The molecule has 0 amide bonds. The van der Waals surface area contributed by atoms with E-state index in [4.69, 9.17) is 0 Å². The zero-order chi connectivity index (χ0) is 31.7. The third-order valence-electron chi connectivity index (χ3n) is 9.19. The zero-order valence-electron chi connectivity index (χ0n) is 31.7. The summed E-state index contributed by atoms with van der Waals surface area (Å²) in [6, 6.07) is 0. The van der Waals surface area contributed by atoms with Crippen LogP contribution in [0.5, 0.6) is 0 Å². The minimum Gasteiger partial charge on any atom is -0.0648 e. The van der Waals surface area contributed by atoms with Crippen molar-refractivity contribution < 1.29 is 0 Å². The standard InChI is InChI=1S/C14H30.C13H28.C12H26/c1-8-14(13(6)7,9-11(2)3)10-12(4)5;1-10(2)8-13(7,12(5)6)9-11(3)4;1-9(2)7-12(11(5)6)8-10(3)4/h11-13H,8-10H2,1-7H3;10-12H,8-9H2,1-7H3;9-12H,7-8H2,1-6H3. The van der Waals surface area contributed by atoms with Crippen LogP contribution in [0.15, 0.2) is 0 Å². The van der Waals surface area contributed by atoms with Crippen LogP contribution >= 0.6 is 0 Å². The molecule has 39 heavy (non-hydrogen) atoms. The Morgan fingerprint density at radius 1 is 0.410 bits per heavy atom. The molecule has 0 rings (SSSR count). The molecule has 0 spiro atoms. The van der Waals surface area contributed by atoms with E-state index in [1.165, 1.54) is 44.9 Å². The van der Waals surface area contributed by atoms with Crippen molar-refractivity contribution in [1.82, 2.24) is 0 Å². The van der Waals surface area contributed by atoms with Crippen LogP contribution < -0.4 is 0 Å². The lowest BCUT2D eigenvalue weighted by Gasteiger charge is -2.40.